The number of nitro groups is 1. The van der Waals surface area contributed by atoms with Gasteiger partial charge < -0.3 is 30.1 Å². The minimum absolute atomic E-state index is 0.0171. The maximum Gasteiger partial charge on any atom is 0.410 e. The molecule has 0 spiro atoms. The minimum atomic E-state index is -4.61. The second-order valence-corrected chi connectivity index (χ2v) is 17.3. The molecule has 3 heterocycles. The van der Waals surface area contributed by atoms with Crippen LogP contribution in [-0.4, -0.2) is 111 Å². The summed E-state index contributed by atoms with van der Waals surface area (Å²) in [6.07, 6.45) is -0.601. The number of alkyl carbamates (subject to hydrolysis) is 1. The van der Waals surface area contributed by atoms with Crippen LogP contribution in [0.15, 0.2) is 59.5 Å². The molecule has 4 aliphatic rings. The van der Waals surface area contributed by atoms with Gasteiger partial charge in [-0.3, -0.25) is 24.6 Å². The third-order valence-electron chi connectivity index (χ3n) is 10.3. The number of nitro benzene ring substituents is 1. The Hall–Kier alpha value is -5.63. The van der Waals surface area contributed by atoms with E-state index in [1.165, 1.54) is 35.2 Å². The molecule has 3 aliphatic heterocycles. The first kappa shape index (κ1) is 41.0. The van der Waals surface area contributed by atoms with E-state index in [9.17, 15) is 52.0 Å². The number of amides is 4. The standard InChI is InChI=1S/C37H43FN6O12S/c1-36(2,3)56-34(49)39-27-14-16-42(57(53,54)30-13-5-4-12-28(30)44(51)52)15-7-6-10-23-18-37(23,33(47)48)40-31(45)29-17-24(20-43(29)32(27)46)55-35(50)41-19-22-9-8-11-26(38)25(22)21-41/h4-6,8-13,23-24,27,29H,7,14-21H2,1-3H3,(H,39,49)(H,40,45)(H,47,48). The predicted molar refractivity (Wildman–Crippen MR) is 196 cm³/mol. The minimum Gasteiger partial charge on any atom is -0.479 e. The molecule has 0 radical (unpaired) electrons. The molecule has 2 aromatic rings. The van der Waals surface area contributed by atoms with Crippen LogP contribution in [0, 0.1) is 21.8 Å². The van der Waals surface area contributed by atoms with Gasteiger partial charge in [0.2, 0.25) is 21.8 Å². The normalized spacial score (nSPS) is 25.5. The van der Waals surface area contributed by atoms with Gasteiger partial charge >= 0.3 is 18.2 Å². The largest absolute Gasteiger partial charge is 0.479 e. The monoisotopic (exact) mass is 814 g/mol. The second kappa shape index (κ2) is 15.7. The van der Waals surface area contributed by atoms with Crippen LogP contribution in [0.25, 0.3) is 0 Å². The third kappa shape index (κ3) is 8.70. The zero-order chi connectivity index (χ0) is 41.4. The molecular weight excluding hydrogens is 772 g/mol. The van der Waals surface area contributed by atoms with E-state index in [0.29, 0.717) is 11.1 Å². The van der Waals surface area contributed by atoms with Crippen LogP contribution in [0.4, 0.5) is 19.7 Å². The molecule has 0 aromatic heterocycles. The summed E-state index contributed by atoms with van der Waals surface area (Å²) in [6, 6.07) is 6.24. The zero-order valence-electron chi connectivity index (χ0n) is 31.4. The highest BCUT2D eigenvalue weighted by molar-refractivity contribution is 7.89. The fourth-order valence-corrected chi connectivity index (χ4v) is 8.97. The summed E-state index contributed by atoms with van der Waals surface area (Å²) < 4.78 is 54.7. The summed E-state index contributed by atoms with van der Waals surface area (Å²) in [6.45, 7) is 3.62. The molecule has 18 nitrogen and oxygen atoms in total. The van der Waals surface area contributed by atoms with Crippen molar-refractivity contribution in [2.24, 2.45) is 5.92 Å². The summed E-state index contributed by atoms with van der Waals surface area (Å²) in [7, 11) is -4.61. The van der Waals surface area contributed by atoms with Crippen LogP contribution < -0.4 is 10.6 Å². The Morgan fingerprint density at radius 2 is 1.82 bits per heavy atom. The molecule has 1 aliphatic carbocycles. The lowest BCUT2D eigenvalue weighted by molar-refractivity contribution is -0.387. The smallest absolute Gasteiger partial charge is 0.410 e. The van der Waals surface area contributed by atoms with Crippen molar-refractivity contribution in [3.8, 4) is 0 Å². The van der Waals surface area contributed by atoms with Crippen LogP contribution >= 0.6 is 0 Å². The Bertz CT molecular complexity index is 2130. The first-order valence-electron chi connectivity index (χ1n) is 18.3. The van der Waals surface area contributed by atoms with Crippen molar-refractivity contribution in [3.05, 3.63) is 81.7 Å². The topological polar surface area (TPSA) is 235 Å². The quantitative estimate of drug-likeness (QED) is 0.217. The Balaban J connectivity index is 1.33. The number of nitrogens with zero attached hydrogens (tertiary/aromatic N) is 4. The van der Waals surface area contributed by atoms with E-state index in [1.54, 1.807) is 32.9 Å². The van der Waals surface area contributed by atoms with E-state index in [4.69, 9.17) is 9.47 Å². The molecule has 5 atom stereocenters. The molecule has 3 N–H and O–H groups in total. The number of nitrogens with one attached hydrogen (secondary N) is 2. The van der Waals surface area contributed by atoms with Crippen molar-refractivity contribution in [1.82, 2.24) is 24.7 Å². The maximum absolute atomic E-state index is 14.6. The lowest BCUT2D eigenvalue weighted by Crippen LogP contribution is -2.57. The summed E-state index contributed by atoms with van der Waals surface area (Å²) in [5.74, 6) is -4.30. The average molecular weight is 815 g/mol. The number of halogens is 1. The number of hydrogen-bond donors (Lipinski definition) is 3. The Morgan fingerprint density at radius 3 is 2.51 bits per heavy atom. The van der Waals surface area contributed by atoms with Crippen molar-refractivity contribution in [1.29, 1.82) is 0 Å². The number of fused-ring (bicyclic) bond motifs is 3. The van der Waals surface area contributed by atoms with Gasteiger partial charge in [0, 0.05) is 43.6 Å². The Kier molecular flexibility index (Phi) is 11.3. The van der Waals surface area contributed by atoms with Gasteiger partial charge in [-0.25, -0.2) is 27.2 Å². The molecule has 20 heteroatoms. The van der Waals surface area contributed by atoms with E-state index in [-0.39, 0.29) is 45.4 Å². The summed E-state index contributed by atoms with van der Waals surface area (Å²) >= 11 is 0. The van der Waals surface area contributed by atoms with Gasteiger partial charge in [0.25, 0.3) is 5.69 Å². The van der Waals surface area contributed by atoms with E-state index >= 15 is 0 Å². The highest BCUT2D eigenvalue weighted by Gasteiger charge is 2.61. The van der Waals surface area contributed by atoms with Gasteiger partial charge in [-0.05, 0) is 57.7 Å². The summed E-state index contributed by atoms with van der Waals surface area (Å²) in [5.41, 5.74) is -2.56. The Labute approximate surface area is 327 Å². The van der Waals surface area contributed by atoms with Gasteiger partial charge in [0.15, 0.2) is 4.90 Å². The molecule has 1 saturated heterocycles. The van der Waals surface area contributed by atoms with Crippen LogP contribution in [0.2, 0.25) is 0 Å². The molecule has 5 unspecified atom stereocenters. The van der Waals surface area contributed by atoms with Crippen LogP contribution in [-0.2, 0) is 47.0 Å². The molecule has 2 aromatic carbocycles. The molecule has 4 amide bonds. The number of hydrogen-bond acceptors (Lipinski definition) is 11. The van der Waals surface area contributed by atoms with Gasteiger partial charge in [0.1, 0.15) is 35.1 Å². The molecule has 1 saturated carbocycles. The number of sulfonamides is 1. The predicted octanol–water partition coefficient (Wildman–Crippen LogP) is 3.05. The van der Waals surface area contributed by atoms with Gasteiger partial charge in [-0.2, -0.15) is 4.31 Å². The van der Waals surface area contributed by atoms with Crippen molar-refractivity contribution >= 4 is 45.7 Å². The molecular formula is C37H43FN6O12S. The third-order valence-corrected chi connectivity index (χ3v) is 12.2. The summed E-state index contributed by atoms with van der Waals surface area (Å²) in [4.78, 5) is 80.3. The lowest BCUT2D eigenvalue weighted by Gasteiger charge is -2.31. The maximum atomic E-state index is 14.6. The number of benzene rings is 2. The number of carboxylic acids is 1. The number of carboxylic acid groups (broad SMARTS) is 1. The number of carbonyl (C=O) groups excluding carboxylic acids is 4. The van der Waals surface area contributed by atoms with Gasteiger partial charge in [-0.15, -0.1) is 0 Å². The zero-order valence-corrected chi connectivity index (χ0v) is 32.2. The van der Waals surface area contributed by atoms with Crippen molar-refractivity contribution in [2.45, 2.75) is 93.8 Å². The van der Waals surface area contributed by atoms with Gasteiger partial charge in [-0.1, -0.05) is 36.4 Å². The average Bonchev–Trinajstić information content (AvgIpc) is 3.42. The molecule has 0 bridgehead atoms. The molecule has 57 heavy (non-hydrogen) atoms. The number of rotatable bonds is 6. The number of aliphatic carboxylic acids is 1. The van der Waals surface area contributed by atoms with E-state index in [2.05, 4.69) is 10.6 Å². The number of carbonyl (C=O) groups is 5. The van der Waals surface area contributed by atoms with E-state index in [0.717, 1.165) is 21.3 Å². The number of ether oxygens (including phenoxy) is 2. The van der Waals surface area contributed by atoms with Crippen molar-refractivity contribution < 1.29 is 56.3 Å². The molecule has 306 valence electrons. The molecule has 2 fully saturated rings. The SMILES string of the molecule is CC(C)(C)OC(=O)NC1CCN(S(=O)(=O)c2ccccc2[N+](=O)[O-])CCC=CC2CC2(C(=O)O)NC(=O)C2CC(OC(=O)N3Cc4cccc(F)c4C3)CN2C1=O. The number of para-hydroxylation sites is 1. The summed E-state index contributed by atoms with van der Waals surface area (Å²) in [5, 5.41) is 27.1. The first-order chi connectivity index (χ1) is 26.8. The fourth-order valence-electron chi connectivity index (χ4n) is 7.35. The van der Waals surface area contributed by atoms with E-state index < -0.39 is 110 Å². The highest BCUT2D eigenvalue weighted by Crippen LogP contribution is 2.45. The highest BCUT2D eigenvalue weighted by atomic mass is 32.2. The van der Waals surface area contributed by atoms with Crippen LogP contribution in [0.1, 0.15) is 57.6 Å². The van der Waals surface area contributed by atoms with E-state index in [1.807, 2.05) is 0 Å². The van der Waals surface area contributed by atoms with Gasteiger partial charge in [0.05, 0.1) is 18.0 Å². The molecule has 6 rings (SSSR count). The van der Waals surface area contributed by atoms with Crippen LogP contribution in [0.3, 0.4) is 0 Å². The van der Waals surface area contributed by atoms with Crippen LogP contribution in [0.5, 0.6) is 0 Å². The second-order valence-electron chi connectivity index (χ2n) is 15.4. The fraction of sp³-hybridized carbons (Fsp3) is 0.486. The van der Waals surface area contributed by atoms with Crippen molar-refractivity contribution in [2.75, 3.05) is 19.6 Å². The first-order valence-corrected chi connectivity index (χ1v) is 19.7. The lowest BCUT2D eigenvalue weighted by atomic mass is 10.1. The van der Waals surface area contributed by atoms with Crippen molar-refractivity contribution in [3.63, 3.8) is 0 Å². The Morgan fingerprint density at radius 1 is 1.09 bits per heavy atom.